The van der Waals surface area contributed by atoms with Crippen LogP contribution in [0.25, 0.3) is 0 Å². The van der Waals surface area contributed by atoms with E-state index in [0.717, 1.165) is 29.8 Å². The molecule has 122 valence electrons. The molecule has 0 radical (unpaired) electrons. The van der Waals surface area contributed by atoms with Crippen molar-refractivity contribution >= 4 is 11.6 Å². The van der Waals surface area contributed by atoms with Crippen LogP contribution in [0.1, 0.15) is 23.7 Å². The molecule has 3 nitrogen and oxygen atoms in total. The van der Waals surface area contributed by atoms with Crippen molar-refractivity contribution in [1.29, 1.82) is 0 Å². The molecule has 2 aromatic rings. The molecule has 1 aromatic heterocycles. The molecular weight excluding hydrogens is 305 g/mol. The van der Waals surface area contributed by atoms with Gasteiger partial charge in [-0.1, -0.05) is 6.92 Å². The fourth-order valence-corrected chi connectivity index (χ4v) is 2.15. The van der Waals surface area contributed by atoms with E-state index in [1.165, 1.54) is 12.1 Å². The van der Waals surface area contributed by atoms with Crippen LogP contribution in [0, 0.1) is 6.92 Å². The number of aryl methyl sites for hydroxylation is 2. The number of amides is 1. The molecule has 0 aliphatic heterocycles. The highest BCUT2D eigenvalue weighted by molar-refractivity contribution is 5.89. The molecule has 1 aromatic carbocycles. The number of hydrogen-bond acceptors (Lipinski definition) is 1. The van der Waals surface area contributed by atoms with Crippen molar-refractivity contribution in [2.75, 3.05) is 5.32 Å². The number of alkyl halides is 3. The minimum Gasteiger partial charge on any atom is -0.321 e. The monoisotopic (exact) mass is 323 g/mol. The maximum Gasteiger partial charge on any atom is 0.416 e. The van der Waals surface area contributed by atoms with E-state index in [1.807, 2.05) is 36.7 Å². The molecule has 1 heterocycles. The summed E-state index contributed by atoms with van der Waals surface area (Å²) in [6, 6.07) is 8.34. The summed E-state index contributed by atoms with van der Waals surface area (Å²) in [4.78, 5) is 12.1. The predicted molar refractivity (Wildman–Crippen MR) is 80.8 cm³/mol. The number of benzene rings is 1. The zero-order chi connectivity index (χ0) is 17.0. The molecule has 6 heteroatoms. The molecule has 0 saturated heterocycles. The fourth-order valence-electron chi connectivity index (χ4n) is 2.15. The number of nitrogens with one attached hydrogen (secondary N) is 1. The van der Waals surface area contributed by atoms with Crippen molar-refractivity contribution in [3.63, 3.8) is 0 Å². The van der Waals surface area contributed by atoms with Crippen LogP contribution in [0.4, 0.5) is 18.9 Å². The Hall–Kier alpha value is -2.37. The van der Waals surface area contributed by atoms with Crippen molar-refractivity contribution < 1.29 is 22.5 Å². The summed E-state index contributed by atoms with van der Waals surface area (Å²) >= 11 is 0. The van der Waals surface area contributed by atoms with Crippen LogP contribution in [0.15, 0.2) is 42.6 Å². The molecule has 1 amide bonds. The molecule has 0 bridgehead atoms. The van der Waals surface area contributed by atoms with Gasteiger partial charge in [0, 0.05) is 24.2 Å². The lowest BCUT2D eigenvalue weighted by atomic mass is 10.2. The lowest BCUT2D eigenvalue weighted by Crippen LogP contribution is -2.43. The van der Waals surface area contributed by atoms with Gasteiger partial charge in [-0.25, -0.2) is 0 Å². The predicted octanol–water partition coefficient (Wildman–Crippen LogP) is 3.50. The molecule has 1 N–H and O–H groups in total. The number of hydrogen-bond donors (Lipinski definition) is 1. The lowest BCUT2D eigenvalue weighted by molar-refractivity contribution is -0.690. The zero-order valence-corrected chi connectivity index (χ0v) is 12.9. The molecule has 23 heavy (non-hydrogen) atoms. The number of carbonyl (C=O) groups is 1. The molecule has 0 aliphatic rings. The fraction of sp³-hybridized carbons (Fsp3) is 0.294. The topological polar surface area (TPSA) is 33.0 Å². The van der Waals surface area contributed by atoms with Gasteiger partial charge in [0.15, 0.2) is 11.9 Å². The van der Waals surface area contributed by atoms with Crippen LogP contribution >= 0.6 is 0 Å². The zero-order valence-electron chi connectivity index (χ0n) is 12.9. The minimum atomic E-state index is -4.38. The van der Waals surface area contributed by atoms with E-state index >= 15 is 0 Å². The average Bonchev–Trinajstić information content (AvgIpc) is 2.49. The first-order chi connectivity index (χ1) is 10.8. The van der Waals surface area contributed by atoms with Crippen molar-refractivity contribution in [3.05, 3.63) is 59.4 Å². The highest BCUT2D eigenvalue weighted by Crippen LogP contribution is 2.29. The summed E-state index contributed by atoms with van der Waals surface area (Å²) in [5, 5.41) is 2.61. The second-order valence-electron chi connectivity index (χ2n) is 5.28. The Bertz CT molecular complexity index is 694. The molecular formula is C17H18F3N2O+. The SMILES string of the molecule is CCc1ccc(C)[n+](CC(=O)Nc2ccc(C(F)(F)F)cc2)c1. The van der Waals surface area contributed by atoms with Crippen LogP contribution in [-0.2, 0) is 23.9 Å². The van der Waals surface area contributed by atoms with Gasteiger partial charge in [-0.3, -0.25) is 4.79 Å². The number of nitrogens with zero attached hydrogens (tertiary/aromatic N) is 1. The average molecular weight is 323 g/mol. The summed E-state index contributed by atoms with van der Waals surface area (Å²) in [6.45, 7) is 4.03. The van der Waals surface area contributed by atoms with Gasteiger partial charge in [-0.15, -0.1) is 0 Å². The summed E-state index contributed by atoms with van der Waals surface area (Å²) in [5.41, 5.74) is 1.65. The van der Waals surface area contributed by atoms with E-state index < -0.39 is 11.7 Å². The van der Waals surface area contributed by atoms with Crippen LogP contribution in [-0.4, -0.2) is 5.91 Å². The Morgan fingerprint density at radius 2 is 1.78 bits per heavy atom. The number of halogens is 3. The molecule has 0 spiro atoms. The van der Waals surface area contributed by atoms with Gasteiger partial charge in [0.1, 0.15) is 0 Å². The highest BCUT2D eigenvalue weighted by atomic mass is 19.4. The normalized spacial score (nSPS) is 11.3. The number of aromatic nitrogens is 1. The second-order valence-corrected chi connectivity index (χ2v) is 5.28. The van der Waals surface area contributed by atoms with E-state index in [9.17, 15) is 18.0 Å². The van der Waals surface area contributed by atoms with Crippen LogP contribution in [0.2, 0.25) is 0 Å². The number of anilines is 1. The van der Waals surface area contributed by atoms with Crippen molar-refractivity contribution in [1.82, 2.24) is 0 Å². The molecule has 0 aliphatic carbocycles. The third-order valence-electron chi connectivity index (χ3n) is 3.53. The smallest absolute Gasteiger partial charge is 0.321 e. The Morgan fingerprint density at radius 3 is 2.35 bits per heavy atom. The van der Waals surface area contributed by atoms with E-state index in [-0.39, 0.29) is 12.5 Å². The summed E-state index contributed by atoms with van der Waals surface area (Å²) in [6.07, 6.45) is -1.61. The van der Waals surface area contributed by atoms with Gasteiger partial charge in [-0.05, 0) is 36.8 Å². The molecule has 2 rings (SSSR count). The van der Waals surface area contributed by atoms with Gasteiger partial charge in [-0.2, -0.15) is 17.7 Å². The van der Waals surface area contributed by atoms with E-state index in [1.54, 1.807) is 0 Å². The van der Waals surface area contributed by atoms with Gasteiger partial charge < -0.3 is 5.32 Å². The Morgan fingerprint density at radius 1 is 1.13 bits per heavy atom. The first-order valence-electron chi connectivity index (χ1n) is 7.25. The Balaban J connectivity index is 2.05. The lowest BCUT2D eigenvalue weighted by Gasteiger charge is -2.08. The third kappa shape index (κ3) is 4.55. The molecule has 0 saturated carbocycles. The maximum absolute atomic E-state index is 12.5. The van der Waals surface area contributed by atoms with E-state index in [2.05, 4.69) is 5.32 Å². The van der Waals surface area contributed by atoms with Gasteiger partial charge >= 0.3 is 6.18 Å². The minimum absolute atomic E-state index is 0.112. The summed E-state index contributed by atoms with van der Waals surface area (Å²) in [7, 11) is 0. The number of rotatable bonds is 4. The van der Waals surface area contributed by atoms with Crippen molar-refractivity contribution in [3.8, 4) is 0 Å². The van der Waals surface area contributed by atoms with Gasteiger partial charge in [0.05, 0.1) is 5.56 Å². The summed E-state index contributed by atoms with van der Waals surface area (Å²) in [5.74, 6) is -0.286. The van der Waals surface area contributed by atoms with Gasteiger partial charge in [0.25, 0.3) is 5.91 Å². The van der Waals surface area contributed by atoms with Crippen LogP contribution in [0.3, 0.4) is 0 Å². The first-order valence-corrected chi connectivity index (χ1v) is 7.25. The molecule has 0 fully saturated rings. The first kappa shape index (κ1) is 17.0. The van der Waals surface area contributed by atoms with E-state index in [4.69, 9.17) is 0 Å². The Kier molecular flexibility index (Phi) is 5.03. The number of pyridine rings is 1. The Labute approximate surface area is 132 Å². The maximum atomic E-state index is 12.5. The van der Waals surface area contributed by atoms with Crippen LogP contribution < -0.4 is 9.88 Å². The van der Waals surface area contributed by atoms with Crippen LogP contribution in [0.5, 0.6) is 0 Å². The quantitative estimate of drug-likeness (QED) is 0.858. The van der Waals surface area contributed by atoms with Gasteiger partial charge in [0.2, 0.25) is 6.54 Å². The van der Waals surface area contributed by atoms with Crippen molar-refractivity contribution in [2.45, 2.75) is 33.0 Å². The second kappa shape index (κ2) is 6.81. The number of carbonyl (C=O) groups excluding carboxylic acids is 1. The standard InChI is InChI=1S/C17H17F3N2O/c1-3-13-5-4-12(2)22(10-13)11-16(23)21-15-8-6-14(7-9-15)17(18,19)20/h4-10H,3,11H2,1-2H3/p+1. The highest BCUT2D eigenvalue weighted by Gasteiger charge is 2.30. The molecule has 0 unspecified atom stereocenters. The summed E-state index contributed by atoms with van der Waals surface area (Å²) < 4.78 is 39.3. The molecule has 0 atom stereocenters. The van der Waals surface area contributed by atoms with E-state index in [0.29, 0.717) is 5.69 Å². The largest absolute Gasteiger partial charge is 0.416 e. The van der Waals surface area contributed by atoms with Crippen molar-refractivity contribution in [2.24, 2.45) is 0 Å². The third-order valence-corrected chi connectivity index (χ3v) is 3.53.